The number of carbonyl (C=O) groups excluding carboxylic acids is 2. The second kappa shape index (κ2) is 6.92. The molecule has 0 saturated heterocycles. The highest BCUT2D eigenvalue weighted by Crippen LogP contribution is 2.64. The maximum atomic E-state index is 13.7. The molecule has 30 heavy (non-hydrogen) atoms. The number of fused-ring (bicyclic) bond motifs is 9. The first-order valence-corrected chi connectivity index (χ1v) is 13.8. The van der Waals surface area contributed by atoms with Gasteiger partial charge in [-0.3, -0.25) is 9.59 Å². The van der Waals surface area contributed by atoms with Crippen LogP contribution in [-0.2, 0) is 9.59 Å². The van der Waals surface area contributed by atoms with E-state index in [4.69, 9.17) is 0 Å². The minimum atomic E-state index is 0.257. The third kappa shape index (κ3) is 2.54. The number of hydrogen-bond acceptors (Lipinski definition) is 2. The summed E-state index contributed by atoms with van der Waals surface area (Å²) in [6.45, 7) is 0. The lowest BCUT2D eigenvalue weighted by Crippen LogP contribution is -2.43. The first-order chi connectivity index (χ1) is 14.7. The van der Waals surface area contributed by atoms with Crippen molar-refractivity contribution in [2.45, 2.75) is 89.9 Å². The Kier molecular flexibility index (Phi) is 4.35. The smallest absolute Gasteiger partial charge is 0.139 e. The highest BCUT2D eigenvalue weighted by atomic mass is 16.1. The summed E-state index contributed by atoms with van der Waals surface area (Å²) in [6, 6.07) is 0. The highest BCUT2D eigenvalue weighted by Gasteiger charge is 2.62. The lowest BCUT2D eigenvalue weighted by Gasteiger charge is -2.51. The zero-order valence-corrected chi connectivity index (χ0v) is 18.6. The number of Topliss-reactive ketones (excluding diaryl/α,β-unsaturated/α-hetero) is 2. The molecule has 2 nitrogen and oxygen atoms in total. The monoisotopic (exact) mass is 408 g/mol. The van der Waals surface area contributed by atoms with Crippen LogP contribution in [-0.4, -0.2) is 11.6 Å². The van der Waals surface area contributed by atoms with Crippen LogP contribution in [0.2, 0.25) is 0 Å². The van der Waals surface area contributed by atoms with E-state index in [1.807, 2.05) is 0 Å². The summed E-state index contributed by atoms with van der Waals surface area (Å²) in [7, 11) is 0. The summed E-state index contributed by atoms with van der Waals surface area (Å²) in [5, 5.41) is 0. The molecule has 12 unspecified atom stereocenters. The van der Waals surface area contributed by atoms with Crippen molar-refractivity contribution in [3.05, 3.63) is 0 Å². The van der Waals surface area contributed by atoms with E-state index in [-0.39, 0.29) is 11.8 Å². The van der Waals surface area contributed by atoms with Gasteiger partial charge in [-0.05, 0) is 105 Å². The summed E-state index contributed by atoms with van der Waals surface area (Å²) >= 11 is 0. The van der Waals surface area contributed by atoms with Crippen molar-refractivity contribution in [1.29, 1.82) is 0 Å². The zero-order chi connectivity index (χ0) is 20.0. The molecule has 7 rings (SSSR count). The van der Waals surface area contributed by atoms with Crippen LogP contribution in [0.25, 0.3) is 0 Å². The Labute approximate surface area is 182 Å². The molecule has 0 aliphatic heterocycles. The SMILES string of the molecule is O=C1C2CCCCC2C2CC3C(CC12)C(=O)C1CC2C(CCC4CCCCC42)CC13. The average Bonchev–Trinajstić information content (AvgIpc) is 3.23. The number of ketones is 2. The maximum Gasteiger partial charge on any atom is 0.139 e. The van der Waals surface area contributed by atoms with Gasteiger partial charge in [0.2, 0.25) is 0 Å². The van der Waals surface area contributed by atoms with Crippen molar-refractivity contribution >= 4 is 11.6 Å². The van der Waals surface area contributed by atoms with Crippen LogP contribution >= 0.6 is 0 Å². The van der Waals surface area contributed by atoms with Gasteiger partial charge in [0.25, 0.3) is 0 Å². The molecule has 12 atom stereocenters. The molecule has 0 aromatic carbocycles. The molecule has 7 saturated carbocycles. The van der Waals surface area contributed by atoms with E-state index in [0.29, 0.717) is 47.1 Å². The van der Waals surface area contributed by atoms with Gasteiger partial charge in [-0.25, -0.2) is 0 Å². The van der Waals surface area contributed by atoms with Crippen molar-refractivity contribution in [1.82, 2.24) is 0 Å². The van der Waals surface area contributed by atoms with Gasteiger partial charge in [-0.2, -0.15) is 0 Å². The molecule has 0 N–H and O–H groups in total. The molecule has 0 heterocycles. The summed E-state index contributed by atoms with van der Waals surface area (Å²) < 4.78 is 0. The molecule has 164 valence electrons. The molecule has 0 bridgehead atoms. The van der Waals surface area contributed by atoms with E-state index in [1.54, 1.807) is 0 Å². The Morgan fingerprint density at radius 2 is 1.00 bits per heavy atom. The fraction of sp³-hybridized carbons (Fsp3) is 0.929. The normalized spacial score (nSPS) is 56.9. The van der Waals surface area contributed by atoms with Gasteiger partial charge in [0.05, 0.1) is 0 Å². The largest absolute Gasteiger partial charge is 0.299 e. The van der Waals surface area contributed by atoms with Gasteiger partial charge >= 0.3 is 0 Å². The zero-order valence-electron chi connectivity index (χ0n) is 18.6. The minimum absolute atomic E-state index is 0.257. The third-order valence-electron chi connectivity index (χ3n) is 12.1. The fourth-order valence-electron chi connectivity index (χ4n) is 11.0. The van der Waals surface area contributed by atoms with E-state index < -0.39 is 0 Å². The number of rotatable bonds is 0. The van der Waals surface area contributed by atoms with E-state index >= 15 is 0 Å². The second-order valence-corrected chi connectivity index (χ2v) is 12.8. The van der Waals surface area contributed by atoms with Crippen LogP contribution in [0.5, 0.6) is 0 Å². The summed E-state index contributed by atoms with van der Waals surface area (Å²) in [5.74, 6) is 8.82. The molecule has 0 aromatic heterocycles. The van der Waals surface area contributed by atoms with Crippen molar-refractivity contribution in [2.75, 3.05) is 0 Å². The van der Waals surface area contributed by atoms with Gasteiger partial charge in [-0.1, -0.05) is 32.1 Å². The van der Waals surface area contributed by atoms with E-state index in [2.05, 4.69) is 0 Å². The molecule has 2 heteroatoms. The Morgan fingerprint density at radius 3 is 1.87 bits per heavy atom. The molecule has 7 fully saturated rings. The quantitative estimate of drug-likeness (QED) is 0.487. The second-order valence-electron chi connectivity index (χ2n) is 12.8. The Morgan fingerprint density at radius 1 is 0.400 bits per heavy atom. The Balaban J connectivity index is 1.15. The average molecular weight is 409 g/mol. The summed E-state index contributed by atoms with van der Waals surface area (Å²) in [4.78, 5) is 26.9. The number of hydrogen-bond donors (Lipinski definition) is 0. The van der Waals surface area contributed by atoms with Crippen molar-refractivity contribution in [2.24, 2.45) is 71.0 Å². The predicted molar refractivity (Wildman–Crippen MR) is 117 cm³/mol. The minimum Gasteiger partial charge on any atom is -0.299 e. The van der Waals surface area contributed by atoms with Gasteiger partial charge in [-0.15, -0.1) is 0 Å². The van der Waals surface area contributed by atoms with E-state index in [9.17, 15) is 9.59 Å². The maximum absolute atomic E-state index is 13.7. The van der Waals surface area contributed by atoms with Crippen LogP contribution in [0.3, 0.4) is 0 Å². The number of carbonyl (C=O) groups is 2. The van der Waals surface area contributed by atoms with Crippen molar-refractivity contribution < 1.29 is 9.59 Å². The molecule has 0 radical (unpaired) electrons. The van der Waals surface area contributed by atoms with Crippen LogP contribution < -0.4 is 0 Å². The van der Waals surface area contributed by atoms with Crippen molar-refractivity contribution in [3.8, 4) is 0 Å². The molecule has 7 aliphatic carbocycles. The Bertz CT molecular complexity index is 741. The molecular formula is C28H40O2. The lowest BCUT2D eigenvalue weighted by molar-refractivity contribution is -0.129. The van der Waals surface area contributed by atoms with Gasteiger partial charge in [0.15, 0.2) is 0 Å². The standard InChI is InChI=1S/C28H40O2/c29-27-19-8-4-3-7-18(19)22-13-23-21-11-16-10-9-15-5-1-2-6-17(15)20(16)12-24(21)28(30)26(23)14-25(22)27/h15-26H,1-14H2. The van der Waals surface area contributed by atoms with Gasteiger partial charge in [0, 0.05) is 23.7 Å². The Hall–Kier alpha value is -0.660. The molecule has 0 spiro atoms. The molecule has 0 aromatic rings. The topological polar surface area (TPSA) is 34.1 Å². The van der Waals surface area contributed by atoms with E-state index in [1.165, 1.54) is 77.0 Å². The molecular weight excluding hydrogens is 368 g/mol. The van der Waals surface area contributed by atoms with Crippen molar-refractivity contribution in [3.63, 3.8) is 0 Å². The van der Waals surface area contributed by atoms with Crippen LogP contribution in [0.15, 0.2) is 0 Å². The highest BCUT2D eigenvalue weighted by molar-refractivity contribution is 5.90. The van der Waals surface area contributed by atoms with Gasteiger partial charge < -0.3 is 0 Å². The first-order valence-electron chi connectivity index (χ1n) is 13.8. The van der Waals surface area contributed by atoms with Gasteiger partial charge in [0.1, 0.15) is 11.6 Å². The fourth-order valence-corrected chi connectivity index (χ4v) is 11.0. The molecule has 0 amide bonds. The van der Waals surface area contributed by atoms with Crippen LogP contribution in [0.4, 0.5) is 0 Å². The third-order valence-corrected chi connectivity index (χ3v) is 12.1. The van der Waals surface area contributed by atoms with Crippen LogP contribution in [0.1, 0.15) is 89.9 Å². The molecule has 7 aliphatic rings. The lowest BCUT2D eigenvalue weighted by atomic mass is 9.54. The van der Waals surface area contributed by atoms with E-state index in [0.717, 1.165) is 36.5 Å². The van der Waals surface area contributed by atoms with Crippen LogP contribution in [0, 0.1) is 71.0 Å². The first kappa shape index (κ1) is 18.9. The summed E-state index contributed by atoms with van der Waals surface area (Å²) in [6.07, 6.45) is 18.6. The summed E-state index contributed by atoms with van der Waals surface area (Å²) in [5.41, 5.74) is 0. The predicted octanol–water partition coefficient (Wildman–Crippen LogP) is 6.08.